The first kappa shape index (κ1) is 21.7. The van der Waals surface area contributed by atoms with Gasteiger partial charge in [-0.2, -0.15) is 0 Å². The van der Waals surface area contributed by atoms with Gasteiger partial charge >= 0.3 is 11.9 Å². The number of carboxylic acids is 2. The minimum absolute atomic E-state index is 0.453. The van der Waals surface area contributed by atoms with Gasteiger partial charge in [0.1, 0.15) is 0 Å². The maximum atomic E-state index is 12.6. The van der Waals surface area contributed by atoms with E-state index in [0.29, 0.717) is 6.42 Å². The number of benzene rings is 4. The van der Waals surface area contributed by atoms with Gasteiger partial charge in [-0.05, 0) is 39.8 Å². The van der Waals surface area contributed by atoms with Gasteiger partial charge in [0.2, 0.25) is 0 Å². The van der Waals surface area contributed by atoms with Crippen molar-refractivity contribution in [3.63, 3.8) is 0 Å². The van der Waals surface area contributed by atoms with Crippen LogP contribution in [0.15, 0.2) is 109 Å². The third-order valence-electron chi connectivity index (χ3n) is 7.07. The number of hydrogen-bond acceptors (Lipinski definition) is 2. The first-order valence-corrected chi connectivity index (χ1v) is 11.3. The summed E-state index contributed by atoms with van der Waals surface area (Å²) in [6, 6.07) is 34.8. The Morgan fingerprint density at radius 2 is 0.941 bits per heavy atom. The lowest BCUT2D eigenvalue weighted by molar-refractivity contribution is -0.177. The lowest BCUT2D eigenvalue weighted by Crippen LogP contribution is -2.57. The lowest BCUT2D eigenvalue weighted by Gasteiger charge is -2.50. The predicted molar refractivity (Wildman–Crippen MR) is 132 cm³/mol. The maximum Gasteiger partial charge on any atom is 0.322 e. The van der Waals surface area contributed by atoms with Crippen LogP contribution in [0.4, 0.5) is 0 Å². The molecule has 1 fully saturated rings. The summed E-state index contributed by atoms with van der Waals surface area (Å²) >= 11 is 0. The Morgan fingerprint density at radius 3 is 1.32 bits per heavy atom. The van der Waals surface area contributed by atoms with Gasteiger partial charge in [0, 0.05) is 11.8 Å². The Labute approximate surface area is 198 Å². The van der Waals surface area contributed by atoms with E-state index in [-0.39, 0.29) is 0 Å². The monoisotopic (exact) mass is 448 g/mol. The highest BCUT2D eigenvalue weighted by molar-refractivity contribution is 6.02. The fourth-order valence-corrected chi connectivity index (χ4v) is 5.31. The zero-order valence-electron chi connectivity index (χ0n) is 18.5. The molecule has 2 atom stereocenters. The molecule has 4 aromatic rings. The van der Waals surface area contributed by atoms with E-state index in [1.54, 1.807) is 0 Å². The van der Waals surface area contributed by atoms with Gasteiger partial charge in [-0.25, -0.2) is 0 Å². The molecule has 5 rings (SSSR count). The van der Waals surface area contributed by atoms with E-state index in [2.05, 4.69) is 0 Å². The highest BCUT2D eigenvalue weighted by Gasteiger charge is 2.67. The molecule has 1 aliphatic carbocycles. The van der Waals surface area contributed by atoms with Crippen LogP contribution in [0.5, 0.6) is 0 Å². The number of rotatable bonds is 6. The van der Waals surface area contributed by atoms with Crippen LogP contribution in [0.1, 0.15) is 29.4 Å². The second-order valence-corrected chi connectivity index (χ2v) is 8.80. The average Bonchev–Trinajstić information content (AvgIpc) is 2.85. The largest absolute Gasteiger partial charge is 0.480 e. The fraction of sp³-hybridized carbons (Fsp3) is 0.133. The highest BCUT2D eigenvalue weighted by Crippen LogP contribution is 2.62. The molecule has 0 saturated heterocycles. The number of carbonyl (C=O) groups is 2. The van der Waals surface area contributed by atoms with Gasteiger partial charge < -0.3 is 10.2 Å². The summed E-state index contributed by atoms with van der Waals surface area (Å²) in [5, 5.41) is 20.6. The molecule has 34 heavy (non-hydrogen) atoms. The molecule has 2 unspecified atom stereocenters. The van der Waals surface area contributed by atoms with E-state index >= 15 is 0 Å². The molecule has 4 aromatic carbocycles. The molecule has 4 nitrogen and oxygen atoms in total. The molecule has 168 valence electrons. The molecule has 0 aromatic heterocycles. The van der Waals surface area contributed by atoms with Crippen molar-refractivity contribution < 1.29 is 19.8 Å². The van der Waals surface area contributed by atoms with Crippen LogP contribution in [0.2, 0.25) is 0 Å². The van der Waals surface area contributed by atoms with Crippen molar-refractivity contribution in [3.8, 4) is 22.3 Å². The Balaban J connectivity index is 1.56. The Morgan fingerprint density at radius 1 is 0.559 bits per heavy atom. The molecule has 1 aliphatic rings. The Bertz CT molecular complexity index is 1240. The summed E-state index contributed by atoms with van der Waals surface area (Å²) in [7, 11) is 0. The molecule has 1 saturated carbocycles. The van der Waals surface area contributed by atoms with E-state index < -0.39 is 29.2 Å². The van der Waals surface area contributed by atoms with Gasteiger partial charge in [0.25, 0.3) is 0 Å². The van der Waals surface area contributed by atoms with E-state index in [1.807, 2.05) is 109 Å². The average molecular weight is 449 g/mol. The van der Waals surface area contributed by atoms with Gasteiger partial charge in [0.15, 0.2) is 5.41 Å². The van der Waals surface area contributed by atoms with Crippen LogP contribution in [0.25, 0.3) is 22.3 Å². The van der Waals surface area contributed by atoms with Crippen molar-refractivity contribution in [1.29, 1.82) is 0 Å². The summed E-state index contributed by atoms with van der Waals surface area (Å²) in [4.78, 5) is 25.3. The van der Waals surface area contributed by atoms with Crippen molar-refractivity contribution in [1.82, 2.24) is 0 Å². The molecular weight excluding hydrogens is 424 g/mol. The quantitative estimate of drug-likeness (QED) is 0.333. The topological polar surface area (TPSA) is 74.6 Å². The summed E-state index contributed by atoms with van der Waals surface area (Å²) in [6.45, 7) is 0. The van der Waals surface area contributed by atoms with Gasteiger partial charge in [0.05, 0.1) is 0 Å². The Hall–Kier alpha value is -4.18. The van der Waals surface area contributed by atoms with Crippen LogP contribution in [0.3, 0.4) is 0 Å². The molecule has 0 spiro atoms. The van der Waals surface area contributed by atoms with Crippen molar-refractivity contribution in [2.45, 2.75) is 18.3 Å². The standard InChI is InChI=1S/C30H24O4/c31-28(32)30(29(33)34)26(24-15-7-13-22(17-24)20-9-3-1-4-10-20)19-27(30)25-16-8-14-23(18-25)21-11-5-2-6-12-21/h1-18,26-27H,19H2,(H,31,32)(H,33,34). The molecule has 0 heterocycles. The second-order valence-electron chi connectivity index (χ2n) is 8.80. The summed E-state index contributed by atoms with van der Waals surface area (Å²) in [5.74, 6) is -3.85. The zero-order chi connectivity index (χ0) is 23.7. The van der Waals surface area contributed by atoms with Crippen LogP contribution in [-0.4, -0.2) is 22.2 Å². The summed E-state index contributed by atoms with van der Waals surface area (Å²) in [5.41, 5.74) is 3.45. The van der Waals surface area contributed by atoms with E-state index in [0.717, 1.165) is 33.4 Å². The van der Waals surface area contributed by atoms with Gasteiger partial charge in [-0.1, -0.05) is 109 Å². The molecule has 2 N–H and O–H groups in total. The summed E-state index contributed by atoms with van der Waals surface area (Å²) < 4.78 is 0. The van der Waals surface area contributed by atoms with Gasteiger partial charge in [-0.15, -0.1) is 0 Å². The van der Waals surface area contributed by atoms with Crippen molar-refractivity contribution >= 4 is 11.9 Å². The smallest absolute Gasteiger partial charge is 0.322 e. The predicted octanol–water partition coefficient (Wildman–Crippen LogP) is 6.45. The molecular formula is C30H24O4. The van der Waals surface area contributed by atoms with Gasteiger partial charge in [-0.3, -0.25) is 9.59 Å². The maximum absolute atomic E-state index is 12.6. The van der Waals surface area contributed by atoms with E-state index in [4.69, 9.17) is 0 Å². The van der Waals surface area contributed by atoms with Crippen molar-refractivity contribution in [3.05, 3.63) is 120 Å². The normalized spacial score (nSPS) is 18.6. The number of aliphatic carboxylic acids is 2. The first-order valence-electron chi connectivity index (χ1n) is 11.3. The second kappa shape index (κ2) is 8.64. The number of carboxylic acid groups (broad SMARTS) is 2. The molecule has 0 amide bonds. The highest BCUT2D eigenvalue weighted by atomic mass is 16.4. The zero-order valence-corrected chi connectivity index (χ0v) is 18.5. The van der Waals surface area contributed by atoms with Crippen molar-refractivity contribution in [2.75, 3.05) is 0 Å². The SMILES string of the molecule is O=C(O)C1(C(=O)O)C(c2cccc(-c3ccccc3)c2)CC1c1cccc(-c2ccccc2)c1. The lowest BCUT2D eigenvalue weighted by atomic mass is 9.49. The third kappa shape index (κ3) is 3.48. The first-order chi connectivity index (χ1) is 16.5. The molecule has 0 aliphatic heterocycles. The fourth-order valence-electron chi connectivity index (χ4n) is 5.31. The van der Waals surface area contributed by atoms with E-state index in [1.165, 1.54) is 0 Å². The van der Waals surface area contributed by atoms with Crippen LogP contribution >= 0.6 is 0 Å². The van der Waals surface area contributed by atoms with Crippen molar-refractivity contribution in [2.24, 2.45) is 5.41 Å². The number of hydrogen-bond donors (Lipinski definition) is 2. The minimum Gasteiger partial charge on any atom is -0.480 e. The summed E-state index contributed by atoms with van der Waals surface area (Å²) in [6.07, 6.45) is 0.453. The van der Waals surface area contributed by atoms with Crippen LogP contribution < -0.4 is 0 Å². The molecule has 0 bridgehead atoms. The minimum atomic E-state index is -1.93. The molecule has 4 heteroatoms. The molecule has 0 radical (unpaired) electrons. The van der Waals surface area contributed by atoms with Crippen LogP contribution in [0, 0.1) is 5.41 Å². The van der Waals surface area contributed by atoms with Crippen LogP contribution in [-0.2, 0) is 9.59 Å². The third-order valence-corrected chi connectivity index (χ3v) is 7.07. The Kier molecular flexibility index (Phi) is 5.50. The van der Waals surface area contributed by atoms with E-state index in [9.17, 15) is 19.8 Å².